The van der Waals surface area contributed by atoms with E-state index in [1.807, 2.05) is 98.8 Å². The quantitative estimate of drug-likeness (QED) is 0.156. The Balaban J connectivity index is 0.000000775. The van der Waals surface area contributed by atoms with Crippen molar-refractivity contribution in [3.8, 4) is 67.9 Å². The molecule has 0 fully saturated rings. The molecule has 0 unspecified atom stereocenters. The van der Waals surface area contributed by atoms with Crippen LogP contribution in [-0.2, 0) is 0 Å². The van der Waals surface area contributed by atoms with Crippen LogP contribution in [0.3, 0.4) is 0 Å². The number of benzene rings is 7. The van der Waals surface area contributed by atoms with Crippen LogP contribution in [0.2, 0.25) is 0 Å². The third-order valence-corrected chi connectivity index (χ3v) is 11.7. The fraction of sp³-hybridized carbons (Fsp3) is 0.0364. The van der Waals surface area contributed by atoms with Gasteiger partial charge in [0.1, 0.15) is 11.2 Å². The monoisotopic (exact) mass is 819 g/mol. The first-order valence-corrected chi connectivity index (χ1v) is 21.2. The average molecular weight is 820 g/mol. The number of furan rings is 1. The summed E-state index contributed by atoms with van der Waals surface area (Å²) in [6, 6.07) is 59.8. The Labute approximate surface area is 364 Å². The highest BCUT2D eigenvalue weighted by atomic mass is 32.1. The van der Waals surface area contributed by atoms with Gasteiger partial charge in [-0.05, 0) is 49.2 Å². The van der Waals surface area contributed by atoms with Crippen molar-refractivity contribution in [2.24, 2.45) is 0 Å². The Morgan fingerprint density at radius 3 is 1.65 bits per heavy atom. The maximum absolute atomic E-state index is 6.59. The number of hydrogen-bond acceptors (Lipinski definition) is 7. The predicted molar refractivity (Wildman–Crippen MR) is 260 cm³/mol. The van der Waals surface area contributed by atoms with Gasteiger partial charge < -0.3 is 4.42 Å². The van der Waals surface area contributed by atoms with E-state index in [1.165, 1.54) is 4.70 Å². The highest BCUT2D eigenvalue weighted by molar-refractivity contribution is 7.26. The summed E-state index contributed by atoms with van der Waals surface area (Å²) in [7, 11) is 0. The zero-order chi connectivity index (χ0) is 42.4. The molecular formula is C55H41N5OS. The van der Waals surface area contributed by atoms with E-state index < -0.39 is 0 Å². The molecule has 0 N–H and O–H groups in total. The van der Waals surface area contributed by atoms with Crippen LogP contribution in [0, 0.1) is 0 Å². The second-order valence-electron chi connectivity index (χ2n) is 14.3. The van der Waals surface area contributed by atoms with E-state index in [1.54, 1.807) is 11.3 Å². The van der Waals surface area contributed by atoms with Gasteiger partial charge in [0.15, 0.2) is 23.3 Å². The molecule has 0 aliphatic carbocycles. The van der Waals surface area contributed by atoms with Crippen LogP contribution in [0.15, 0.2) is 206 Å². The number of rotatable bonds is 6. The van der Waals surface area contributed by atoms with E-state index in [-0.39, 0.29) is 0 Å². The second kappa shape index (κ2) is 17.8. The van der Waals surface area contributed by atoms with Gasteiger partial charge in [-0.25, -0.2) is 24.9 Å². The molecule has 0 atom stereocenters. The first-order chi connectivity index (χ1) is 30.6. The summed E-state index contributed by atoms with van der Waals surface area (Å²) in [5.74, 6) is 2.43. The lowest BCUT2D eigenvalue weighted by Gasteiger charge is -2.10. The zero-order valence-electron chi connectivity index (χ0n) is 34.4. The molecule has 6 nitrogen and oxygen atoms in total. The summed E-state index contributed by atoms with van der Waals surface area (Å²) >= 11 is 1.73. The topological polar surface area (TPSA) is 77.6 Å². The number of hydrogen-bond donors (Lipinski definition) is 0. The van der Waals surface area contributed by atoms with Crippen LogP contribution in [0.1, 0.15) is 13.8 Å². The molecule has 0 saturated carbocycles. The van der Waals surface area contributed by atoms with Gasteiger partial charge in [0.2, 0.25) is 0 Å². The lowest BCUT2D eigenvalue weighted by molar-refractivity contribution is 0.669. The van der Waals surface area contributed by atoms with Crippen LogP contribution in [0.25, 0.3) is 110 Å². The van der Waals surface area contributed by atoms with Gasteiger partial charge in [-0.2, -0.15) is 0 Å². The fourth-order valence-corrected chi connectivity index (χ4v) is 8.60. The van der Waals surface area contributed by atoms with E-state index in [9.17, 15) is 0 Å². The summed E-state index contributed by atoms with van der Waals surface area (Å²) in [6.45, 7) is 10.0. The SMILES string of the molecule is C/C=C\C.C=C.c1ccc(-c2ccc(-c3nc(-c4ccccc4)nc(-c4cccc5oc6cc(-c7nc(-c8ccccc8)c8sc9ccccc9c8n7)ccc6c45)n3)cc2)cc1. The summed E-state index contributed by atoms with van der Waals surface area (Å²) in [4.78, 5) is 25.5. The Morgan fingerprint density at radius 2 is 0.968 bits per heavy atom. The predicted octanol–water partition coefficient (Wildman–Crippen LogP) is 15.3. The summed E-state index contributed by atoms with van der Waals surface area (Å²) in [5.41, 5.74) is 10.3. The lowest BCUT2D eigenvalue weighted by atomic mass is 10.0. The van der Waals surface area contributed by atoms with Gasteiger partial charge >= 0.3 is 0 Å². The normalized spacial score (nSPS) is 11.1. The largest absolute Gasteiger partial charge is 0.456 e. The standard InChI is InChI=1S/C49H29N5OS.C4H8.C2H4/c1-4-13-30(14-5-1)31-23-25-34(26-24-31)47-52-46(33-17-8-3-9-18-33)53-49(54-47)38-20-12-21-39-42(38)36-28-27-35(29-40(36)55-39)48-50-43(32-15-6-2-7-16-32)45-44(51-48)37-19-10-11-22-41(37)56-45;1-3-4-2;1-2/h1-29H;3-4H,1-2H3;1-2H2/b;4-3-;. The van der Waals surface area contributed by atoms with Crippen molar-refractivity contribution in [1.29, 1.82) is 0 Å². The highest BCUT2D eigenvalue weighted by Gasteiger charge is 2.20. The highest BCUT2D eigenvalue weighted by Crippen LogP contribution is 2.41. The van der Waals surface area contributed by atoms with Gasteiger partial charge in [0.25, 0.3) is 0 Å². The number of allylic oxidation sites excluding steroid dienone is 2. The number of thiophene rings is 1. The Kier molecular flexibility index (Phi) is 11.3. The zero-order valence-corrected chi connectivity index (χ0v) is 35.2. The molecule has 0 amide bonds. The Hall–Kier alpha value is -7.87. The van der Waals surface area contributed by atoms with Crippen LogP contribution in [0.5, 0.6) is 0 Å². The average Bonchev–Trinajstić information content (AvgIpc) is 3.93. The van der Waals surface area contributed by atoms with Crippen molar-refractivity contribution >= 4 is 53.6 Å². The van der Waals surface area contributed by atoms with Crippen LogP contribution in [0.4, 0.5) is 0 Å². The first kappa shape index (κ1) is 39.6. The van der Waals surface area contributed by atoms with Crippen LogP contribution in [-0.4, -0.2) is 24.9 Å². The van der Waals surface area contributed by atoms with Gasteiger partial charge in [0, 0.05) is 48.7 Å². The summed E-state index contributed by atoms with van der Waals surface area (Å²) in [5, 5.41) is 3.02. The third-order valence-electron chi connectivity index (χ3n) is 10.5. The van der Waals surface area contributed by atoms with Gasteiger partial charge in [0.05, 0.1) is 15.9 Å². The number of fused-ring (bicyclic) bond motifs is 6. The van der Waals surface area contributed by atoms with E-state index in [2.05, 4.69) is 116 Å². The van der Waals surface area contributed by atoms with Crippen LogP contribution >= 0.6 is 11.3 Å². The molecule has 298 valence electrons. The minimum atomic E-state index is 0.573. The number of aromatic nitrogens is 5. The molecular weight excluding hydrogens is 779 g/mol. The molecule has 4 heterocycles. The minimum Gasteiger partial charge on any atom is -0.456 e. The van der Waals surface area contributed by atoms with E-state index in [0.717, 1.165) is 82.2 Å². The van der Waals surface area contributed by atoms with E-state index in [4.69, 9.17) is 29.3 Å². The summed E-state index contributed by atoms with van der Waals surface area (Å²) in [6.07, 6.45) is 4.00. The van der Waals surface area contributed by atoms with Gasteiger partial charge in [-0.1, -0.05) is 164 Å². The molecule has 0 saturated heterocycles. The Bertz CT molecular complexity index is 3340. The maximum Gasteiger partial charge on any atom is 0.164 e. The maximum atomic E-state index is 6.59. The van der Waals surface area contributed by atoms with Crippen molar-refractivity contribution in [3.63, 3.8) is 0 Å². The molecule has 11 aromatic rings. The van der Waals surface area contributed by atoms with E-state index >= 15 is 0 Å². The minimum absolute atomic E-state index is 0.573. The molecule has 11 rings (SSSR count). The van der Waals surface area contributed by atoms with Crippen molar-refractivity contribution in [2.75, 3.05) is 0 Å². The molecule has 7 aromatic carbocycles. The van der Waals surface area contributed by atoms with Crippen molar-refractivity contribution in [1.82, 2.24) is 24.9 Å². The van der Waals surface area contributed by atoms with Gasteiger partial charge in [-0.3, -0.25) is 0 Å². The molecule has 0 aliphatic rings. The molecule has 7 heteroatoms. The molecule has 0 radical (unpaired) electrons. The number of nitrogens with zero attached hydrogens (tertiary/aromatic N) is 5. The van der Waals surface area contributed by atoms with Crippen LogP contribution < -0.4 is 0 Å². The lowest BCUT2D eigenvalue weighted by Crippen LogP contribution is -2.00. The molecule has 0 aliphatic heterocycles. The first-order valence-electron chi connectivity index (χ1n) is 20.4. The second-order valence-corrected chi connectivity index (χ2v) is 15.4. The van der Waals surface area contributed by atoms with Crippen molar-refractivity contribution in [3.05, 3.63) is 201 Å². The fourth-order valence-electron chi connectivity index (χ4n) is 7.45. The summed E-state index contributed by atoms with van der Waals surface area (Å²) < 4.78 is 8.86. The smallest absolute Gasteiger partial charge is 0.164 e. The van der Waals surface area contributed by atoms with E-state index in [0.29, 0.717) is 23.3 Å². The Morgan fingerprint density at radius 1 is 0.435 bits per heavy atom. The molecule has 0 spiro atoms. The molecule has 4 aromatic heterocycles. The molecule has 0 bridgehead atoms. The van der Waals surface area contributed by atoms with Crippen molar-refractivity contribution in [2.45, 2.75) is 13.8 Å². The van der Waals surface area contributed by atoms with Gasteiger partial charge in [-0.15, -0.1) is 24.5 Å². The molecule has 62 heavy (non-hydrogen) atoms. The van der Waals surface area contributed by atoms with Crippen molar-refractivity contribution < 1.29 is 4.42 Å². The third kappa shape index (κ3) is 7.69.